The van der Waals surface area contributed by atoms with E-state index in [1.165, 1.54) is 11.1 Å². The van der Waals surface area contributed by atoms with Crippen LogP contribution in [0, 0.1) is 0 Å². The molecular formula is C14H22N2O. The van der Waals surface area contributed by atoms with Crippen molar-refractivity contribution in [2.45, 2.75) is 38.4 Å². The Morgan fingerprint density at radius 2 is 1.76 bits per heavy atom. The van der Waals surface area contributed by atoms with E-state index in [9.17, 15) is 0 Å². The molecule has 0 aliphatic carbocycles. The minimum Gasteiger partial charge on any atom is -0.381 e. The number of nitrogens with two attached hydrogens (primary N) is 1. The summed E-state index contributed by atoms with van der Waals surface area (Å²) in [6.45, 7) is 5.55. The van der Waals surface area contributed by atoms with Crippen molar-refractivity contribution in [3.63, 3.8) is 0 Å². The summed E-state index contributed by atoms with van der Waals surface area (Å²) in [5.74, 6) is 0. The smallest absolute Gasteiger partial charge is 0.0483 e. The van der Waals surface area contributed by atoms with E-state index < -0.39 is 0 Å². The molecular weight excluding hydrogens is 212 g/mol. The molecule has 0 spiro atoms. The maximum atomic E-state index is 5.58. The topological polar surface area (TPSA) is 47.3 Å². The molecule has 0 radical (unpaired) electrons. The van der Waals surface area contributed by atoms with Gasteiger partial charge in [0.2, 0.25) is 0 Å². The lowest BCUT2D eigenvalue weighted by Crippen LogP contribution is -2.46. The van der Waals surface area contributed by atoms with Crippen LogP contribution in [-0.2, 0) is 17.8 Å². The molecule has 1 fully saturated rings. The Morgan fingerprint density at radius 1 is 1.18 bits per heavy atom. The molecule has 0 amide bonds. The Morgan fingerprint density at radius 3 is 2.35 bits per heavy atom. The highest BCUT2D eigenvalue weighted by Crippen LogP contribution is 2.20. The minimum absolute atomic E-state index is 0.227. The molecule has 94 valence electrons. The first kappa shape index (κ1) is 12.6. The summed E-state index contributed by atoms with van der Waals surface area (Å²) >= 11 is 0. The molecule has 0 aromatic heterocycles. The van der Waals surface area contributed by atoms with Crippen LogP contribution >= 0.6 is 0 Å². The fraction of sp³-hybridized carbons (Fsp3) is 0.571. The van der Waals surface area contributed by atoms with E-state index in [1.54, 1.807) is 0 Å². The first-order valence-corrected chi connectivity index (χ1v) is 6.32. The van der Waals surface area contributed by atoms with Crippen LogP contribution in [0.2, 0.25) is 0 Å². The van der Waals surface area contributed by atoms with E-state index in [0.29, 0.717) is 6.54 Å². The van der Waals surface area contributed by atoms with Gasteiger partial charge in [0.15, 0.2) is 0 Å². The van der Waals surface area contributed by atoms with Crippen LogP contribution < -0.4 is 11.1 Å². The number of rotatable bonds is 4. The number of benzene rings is 1. The zero-order valence-electron chi connectivity index (χ0n) is 10.5. The fourth-order valence-corrected chi connectivity index (χ4v) is 2.11. The number of hydrogen-bond acceptors (Lipinski definition) is 3. The average Bonchev–Trinajstić information content (AvgIpc) is 2.38. The number of hydrogen-bond donors (Lipinski definition) is 2. The van der Waals surface area contributed by atoms with Gasteiger partial charge >= 0.3 is 0 Å². The molecule has 1 heterocycles. The van der Waals surface area contributed by atoms with Gasteiger partial charge in [0.25, 0.3) is 0 Å². The quantitative estimate of drug-likeness (QED) is 0.835. The van der Waals surface area contributed by atoms with Crippen LogP contribution in [0.15, 0.2) is 24.3 Å². The molecule has 17 heavy (non-hydrogen) atoms. The predicted molar refractivity (Wildman–Crippen MR) is 69.6 cm³/mol. The number of ether oxygens (including phenoxy) is 1. The van der Waals surface area contributed by atoms with Gasteiger partial charge in [-0.2, -0.15) is 0 Å². The van der Waals surface area contributed by atoms with Gasteiger partial charge in [-0.05, 0) is 30.9 Å². The molecule has 1 saturated heterocycles. The lowest BCUT2D eigenvalue weighted by Gasteiger charge is -2.34. The van der Waals surface area contributed by atoms with Gasteiger partial charge in [-0.3, -0.25) is 0 Å². The third-order valence-corrected chi connectivity index (χ3v) is 3.57. The van der Waals surface area contributed by atoms with Crippen LogP contribution in [-0.4, -0.2) is 18.8 Å². The third-order valence-electron chi connectivity index (χ3n) is 3.57. The van der Waals surface area contributed by atoms with Crippen molar-refractivity contribution < 1.29 is 4.74 Å². The van der Waals surface area contributed by atoms with Crippen LogP contribution in [0.5, 0.6) is 0 Å². The van der Waals surface area contributed by atoms with E-state index in [0.717, 1.165) is 32.6 Å². The van der Waals surface area contributed by atoms with Gasteiger partial charge in [-0.1, -0.05) is 24.3 Å². The van der Waals surface area contributed by atoms with Crippen molar-refractivity contribution in [2.24, 2.45) is 5.73 Å². The SMILES string of the molecule is CC1(NCc2ccc(CN)cc2)CCOCC1. The third kappa shape index (κ3) is 3.53. The molecule has 3 nitrogen and oxygen atoms in total. The molecule has 2 rings (SSSR count). The Bertz CT molecular complexity index is 342. The Balaban J connectivity index is 1.87. The van der Waals surface area contributed by atoms with E-state index in [-0.39, 0.29) is 5.54 Å². The van der Waals surface area contributed by atoms with Gasteiger partial charge in [0, 0.05) is 31.8 Å². The van der Waals surface area contributed by atoms with Crippen LogP contribution in [0.4, 0.5) is 0 Å². The molecule has 0 atom stereocenters. The summed E-state index contributed by atoms with van der Waals surface area (Å²) < 4.78 is 5.39. The van der Waals surface area contributed by atoms with Gasteiger partial charge in [-0.15, -0.1) is 0 Å². The molecule has 0 bridgehead atoms. The van der Waals surface area contributed by atoms with Crippen LogP contribution in [0.1, 0.15) is 30.9 Å². The Labute approximate surface area is 103 Å². The molecule has 1 aliphatic heterocycles. The van der Waals surface area contributed by atoms with Crippen molar-refractivity contribution in [2.75, 3.05) is 13.2 Å². The highest BCUT2D eigenvalue weighted by molar-refractivity contribution is 5.22. The molecule has 1 aliphatic rings. The van der Waals surface area contributed by atoms with Crippen LogP contribution in [0.25, 0.3) is 0 Å². The first-order valence-electron chi connectivity index (χ1n) is 6.32. The van der Waals surface area contributed by atoms with Gasteiger partial charge in [0.1, 0.15) is 0 Å². The second kappa shape index (κ2) is 5.63. The van der Waals surface area contributed by atoms with Gasteiger partial charge < -0.3 is 15.8 Å². The normalized spacial score (nSPS) is 19.2. The fourth-order valence-electron chi connectivity index (χ4n) is 2.11. The minimum atomic E-state index is 0.227. The largest absolute Gasteiger partial charge is 0.381 e. The molecule has 0 saturated carbocycles. The van der Waals surface area contributed by atoms with E-state index in [1.807, 2.05) is 0 Å². The lowest BCUT2D eigenvalue weighted by atomic mass is 9.92. The summed E-state index contributed by atoms with van der Waals surface area (Å²) in [6.07, 6.45) is 2.18. The van der Waals surface area contributed by atoms with E-state index in [2.05, 4.69) is 36.5 Å². The van der Waals surface area contributed by atoms with Gasteiger partial charge in [-0.25, -0.2) is 0 Å². The molecule has 0 unspecified atom stereocenters. The first-order chi connectivity index (χ1) is 8.22. The highest BCUT2D eigenvalue weighted by atomic mass is 16.5. The average molecular weight is 234 g/mol. The van der Waals surface area contributed by atoms with Crippen molar-refractivity contribution in [3.8, 4) is 0 Å². The second-order valence-electron chi connectivity index (χ2n) is 5.05. The monoisotopic (exact) mass is 234 g/mol. The highest BCUT2D eigenvalue weighted by Gasteiger charge is 2.26. The summed E-state index contributed by atoms with van der Waals surface area (Å²) in [5.41, 5.74) is 8.31. The Kier molecular flexibility index (Phi) is 4.15. The van der Waals surface area contributed by atoms with Crippen molar-refractivity contribution in [1.82, 2.24) is 5.32 Å². The molecule has 1 aromatic rings. The second-order valence-corrected chi connectivity index (χ2v) is 5.05. The molecule has 3 N–H and O–H groups in total. The maximum absolute atomic E-state index is 5.58. The summed E-state index contributed by atoms with van der Waals surface area (Å²) in [5, 5.41) is 3.64. The standard InChI is InChI=1S/C14H22N2O/c1-14(6-8-17-9-7-14)16-11-13-4-2-12(10-15)3-5-13/h2-5,16H,6-11,15H2,1H3. The van der Waals surface area contributed by atoms with Crippen LogP contribution in [0.3, 0.4) is 0 Å². The van der Waals surface area contributed by atoms with E-state index in [4.69, 9.17) is 10.5 Å². The van der Waals surface area contributed by atoms with Crippen molar-refractivity contribution in [1.29, 1.82) is 0 Å². The lowest BCUT2D eigenvalue weighted by molar-refractivity contribution is 0.0446. The molecule has 1 aromatic carbocycles. The maximum Gasteiger partial charge on any atom is 0.0483 e. The number of nitrogens with one attached hydrogen (secondary N) is 1. The summed E-state index contributed by atoms with van der Waals surface area (Å²) in [4.78, 5) is 0. The van der Waals surface area contributed by atoms with Crippen molar-refractivity contribution in [3.05, 3.63) is 35.4 Å². The van der Waals surface area contributed by atoms with Gasteiger partial charge in [0.05, 0.1) is 0 Å². The summed E-state index contributed by atoms with van der Waals surface area (Å²) in [6, 6.07) is 8.50. The zero-order valence-corrected chi connectivity index (χ0v) is 10.5. The molecule has 3 heteroatoms. The van der Waals surface area contributed by atoms with Crippen molar-refractivity contribution >= 4 is 0 Å². The predicted octanol–water partition coefficient (Wildman–Crippen LogP) is 1.80. The van der Waals surface area contributed by atoms with E-state index >= 15 is 0 Å². The zero-order chi connectivity index (χ0) is 12.1. The summed E-state index contributed by atoms with van der Waals surface area (Å²) in [7, 11) is 0. The Hall–Kier alpha value is -0.900.